The van der Waals surface area contributed by atoms with Crippen LogP contribution in [0.3, 0.4) is 0 Å². The van der Waals surface area contributed by atoms with Crippen molar-refractivity contribution in [3.8, 4) is 0 Å². The third-order valence-electron chi connectivity index (χ3n) is 3.48. The Morgan fingerprint density at radius 2 is 2.33 bits per heavy atom. The highest BCUT2D eigenvalue weighted by atomic mass is 79.9. The summed E-state index contributed by atoms with van der Waals surface area (Å²) in [5.74, 6) is 0. The number of nitrogens with zero attached hydrogens (tertiary/aromatic N) is 1. The minimum atomic E-state index is 0.709. The van der Waals surface area contributed by atoms with Crippen LogP contribution >= 0.6 is 15.9 Å². The molecule has 2 aliphatic heterocycles. The molecular formula is C12H15BrN2. The van der Waals surface area contributed by atoms with Crippen LogP contribution in [0, 0.1) is 0 Å². The molecule has 3 heteroatoms. The molecule has 0 spiro atoms. The lowest BCUT2D eigenvalue weighted by atomic mass is 9.94. The molecule has 80 valence electrons. The molecule has 15 heavy (non-hydrogen) atoms. The maximum Gasteiger partial charge on any atom is 0.0418 e. The number of anilines is 1. The van der Waals surface area contributed by atoms with Crippen LogP contribution in [-0.2, 0) is 6.42 Å². The average molecular weight is 267 g/mol. The van der Waals surface area contributed by atoms with Crippen molar-refractivity contribution in [3.05, 3.63) is 28.2 Å². The fourth-order valence-corrected chi connectivity index (χ4v) is 3.26. The number of benzene rings is 1. The number of rotatable bonds is 0. The van der Waals surface area contributed by atoms with E-state index in [1.165, 1.54) is 28.6 Å². The largest absolute Gasteiger partial charge is 0.366 e. The van der Waals surface area contributed by atoms with Gasteiger partial charge in [0.1, 0.15) is 0 Å². The fraction of sp³-hybridized carbons (Fsp3) is 0.500. The maximum absolute atomic E-state index is 3.66. The molecule has 1 atom stereocenters. The topological polar surface area (TPSA) is 15.3 Å². The van der Waals surface area contributed by atoms with Gasteiger partial charge in [0.05, 0.1) is 0 Å². The Morgan fingerprint density at radius 1 is 1.40 bits per heavy atom. The minimum Gasteiger partial charge on any atom is -0.366 e. The molecule has 2 heterocycles. The van der Waals surface area contributed by atoms with Gasteiger partial charge in [0.2, 0.25) is 0 Å². The highest BCUT2D eigenvalue weighted by molar-refractivity contribution is 9.10. The third kappa shape index (κ3) is 1.58. The number of piperazine rings is 1. The molecule has 0 saturated carbocycles. The zero-order chi connectivity index (χ0) is 10.3. The first-order valence-electron chi connectivity index (χ1n) is 5.61. The van der Waals surface area contributed by atoms with E-state index in [0.717, 1.165) is 19.6 Å². The van der Waals surface area contributed by atoms with E-state index >= 15 is 0 Å². The molecule has 2 aliphatic rings. The minimum absolute atomic E-state index is 0.709. The van der Waals surface area contributed by atoms with Crippen molar-refractivity contribution in [2.45, 2.75) is 18.9 Å². The van der Waals surface area contributed by atoms with Crippen molar-refractivity contribution in [2.75, 3.05) is 24.5 Å². The summed E-state index contributed by atoms with van der Waals surface area (Å²) in [5, 5.41) is 3.48. The molecule has 0 aliphatic carbocycles. The van der Waals surface area contributed by atoms with Gasteiger partial charge in [0, 0.05) is 35.8 Å². The summed E-state index contributed by atoms with van der Waals surface area (Å²) in [6.45, 7) is 3.41. The lowest BCUT2D eigenvalue weighted by molar-refractivity contribution is 0.439. The SMILES string of the molecule is Brc1cccc2c1CCC1CNCCN21. The summed E-state index contributed by atoms with van der Waals surface area (Å²) in [6, 6.07) is 7.27. The summed E-state index contributed by atoms with van der Waals surface area (Å²) in [7, 11) is 0. The fourth-order valence-electron chi connectivity index (χ4n) is 2.71. The molecule has 1 N–H and O–H groups in total. The van der Waals surface area contributed by atoms with Crippen molar-refractivity contribution in [3.63, 3.8) is 0 Å². The van der Waals surface area contributed by atoms with Crippen molar-refractivity contribution >= 4 is 21.6 Å². The quantitative estimate of drug-likeness (QED) is 0.775. The van der Waals surface area contributed by atoms with Crippen LogP contribution in [0.4, 0.5) is 5.69 Å². The summed E-state index contributed by atoms with van der Waals surface area (Å²) >= 11 is 3.66. The molecule has 0 radical (unpaired) electrons. The first-order valence-corrected chi connectivity index (χ1v) is 6.40. The van der Waals surface area contributed by atoms with Gasteiger partial charge in [-0.1, -0.05) is 22.0 Å². The van der Waals surface area contributed by atoms with Gasteiger partial charge in [-0.05, 0) is 30.5 Å². The highest BCUT2D eigenvalue weighted by Gasteiger charge is 2.28. The highest BCUT2D eigenvalue weighted by Crippen LogP contribution is 2.35. The second kappa shape index (κ2) is 3.80. The zero-order valence-corrected chi connectivity index (χ0v) is 10.3. The van der Waals surface area contributed by atoms with E-state index in [-0.39, 0.29) is 0 Å². The number of halogens is 1. The van der Waals surface area contributed by atoms with E-state index in [2.05, 4.69) is 44.3 Å². The number of fused-ring (bicyclic) bond motifs is 3. The standard InChI is InChI=1S/C12H15BrN2/c13-11-2-1-3-12-10(11)5-4-9-8-14-6-7-15(9)12/h1-3,9,14H,4-8H2. The molecule has 1 aromatic rings. The van der Waals surface area contributed by atoms with Gasteiger partial charge < -0.3 is 10.2 Å². The van der Waals surface area contributed by atoms with E-state index in [9.17, 15) is 0 Å². The predicted molar refractivity (Wildman–Crippen MR) is 66.5 cm³/mol. The molecule has 1 aromatic carbocycles. The van der Waals surface area contributed by atoms with Gasteiger partial charge >= 0.3 is 0 Å². The van der Waals surface area contributed by atoms with Gasteiger partial charge in [-0.25, -0.2) is 0 Å². The molecule has 1 saturated heterocycles. The Bertz CT molecular complexity index is 378. The molecule has 1 fully saturated rings. The molecule has 3 rings (SSSR count). The number of nitrogens with one attached hydrogen (secondary N) is 1. The molecule has 0 aromatic heterocycles. The van der Waals surface area contributed by atoms with Crippen molar-refractivity contribution in [1.29, 1.82) is 0 Å². The van der Waals surface area contributed by atoms with Gasteiger partial charge in [0.15, 0.2) is 0 Å². The summed E-state index contributed by atoms with van der Waals surface area (Å²) in [4.78, 5) is 2.57. The molecule has 1 unspecified atom stereocenters. The van der Waals surface area contributed by atoms with Gasteiger partial charge in [0.25, 0.3) is 0 Å². The van der Waals surface area contributed by atoms with Crippen LogP contribution in [-0.4, -0.2) is 25.7 Å². The monoisotopic (exact) mass is 266 g/mol. The average Bonchev–Trinajstić information content (AvgIpc) is 2.29. The summed E-state index contributed by atoms with van der Waals surface area (Å²) < 4.78 is 1.27. The van der Waals surface area contributed by atoms with Crippen LogP contribution in [0.15, 0.2) is 22.7 Å². The number of hydrogen-bond acceptors (Lipinski definition) is 2. The van der Waals surface area contributed by atoms with Gasteiger partial charge in [-0.15, -0.1) is 0 Å². The van der Waals surface area contributed by atoms with E-state index in [4.69, 9.17) is 0 Å². The normalized spacial score (nSPS) is 24.6. The predicted octanol–water partition coefficient (Wildman–Crippen LogP) is 2.17. The van der Waals surface area contributed by atoms with Gasteiger partial charge in [-0.2, -0.15) is 0 Å². The number of hydrogen-bond donors (Lipinski definition) is 1. The second-order valence-electron chi connectivity index (χ2n) is 4.33. The molecule has 0 amide bonds. The Morgan fingerprint density at radius 3 is 3.27 bits per heavy atom. The first-order chi connectivity index (χ1) is 7.36. The molecular weight excluding hydrogens is 252 g/mol. The Labute approximate surface area is 98.8 Å². The molecule has 0 bridgehead atoms. The van der Waals surface area contributed by atoms with E-state index < -0.39 is 0 Å². The van der Waals surface area contributed by atoms with Crippen LogP contribution in [0.25, 0.3) is 0 Å². The van der Waals surface area contributed by atoms with Crippen molar-refractivity contribution in [1.82, 2.24) is 5.32 Å². The second-order valence-corrected chi connectivity index (χ2v) is 5.18. The van der Waals surface area contributed by atoms with E-state index in [0.29, 0.717) is 6.04 Å². The van der Waals surface area contributed by atoms with Crippen molar-refractivity contribution < 1.29 is 0 Å². The Kier molecular flexibility index (Phi) is 2.45. The van der Waals surface area contributed by atoms with Crippen LogP contribution < -0.4 is 10.2 Å². The smallest absolute Gasteiger partial charge is 0.0418 e. The van der Waals surface area contributed by atoms with Gasteiger partial charge in [-0.3, -0.25) is 0 Å². The zero-order valence-electron chi connectivity index (χ0n) is 8.67. The lowest BCUT2D eigenvalue weighted by Crippen LogP contribution is -2.53. The lowest BCUT2D eigenvalue weighted by Gasteiger charge is -2.42. The van der Waals surface area contributed by atoms with E-state index in [1.807, 2.05) is 0 Å². The summed E-state index contributed by atoms with van der Waals surface area (Å²) in [5.41, 5.74) is 2.94. The third-order valence-corrected chi connectivity index (χ3v) is 4.22. The van der Waals surface area contributed by atoms with Crippen molar-refractivity contribution in [2.24, 2.45) is 0 Å². The van der Waals surface area contributed by atoms with Crippen LogP contribution in [0.1, 0.15) is 12.0 Å². The first kappa shape index (κ1) is 9.67. The Balaban J connectivity index is 2.03. The van der Waals surface area contributed by atoms with E-state index in [1.54, 1.807) is 0 Å². The molecule has 2 nitrogen and oxygen atoms in total. The summed E-state index contributed by atoms with van der Waals surface area (Å²) in [6.07, 6.45) is 2.49. The van der Waals surface area contributed by atoms with Crippen LogP contribution in [0.5, 0.6) is 0 Å². The van der Waals surface area contributed by atoms with Crippen LogP contribution in [0.2, 0.25) is 0 Å². The Hall–Kier alpha value is -0.540. The maximum atomic E-state index is 3.66.